The second kappa shape index (κ2) is 6.24. The van der Waals surface area contributed by atoms with Crippen molar-refractivity contribution in [3.05, 3.63) is 23.8 Å². The Morgan fingerprint density at radius 1 is 1.29 bits per heavy atom. The van der Waals surface area contributed by atoms with Crippen molar-refractivity contribution >= 4 is 0 Å². The van der Waals surface area contributed by atoms with Crippen molar-refractivity contribution in [3.8, 4) is 11.5 Å². The number of fused-ring (bicyclic) bond motifs is 1. The van der Waals surface area contributed by atoms with Crippen LogP contribution in [0, 0.1) is 5.92 Å². The van der Waals surface area contributed by atoms with E-state index in [-0.39, 0.29) is 12.1 Å². The Balaban J connectivity index is 1.66. The van der Waals surface area contributed by atoms with Crippen molar-refractivity contribution < 1.29 is 14.6 Å². The van der Waals surface area contributed by atoms with Gasteiger partial charge in [-0.3, -0.25) is 0 Å². The van der Waals surface area contributed by atoms with Gasteiger partial charge in [-0.25, -0.2) is 0 Å². The van der Waals surface area contributed by atoms with Crippen LogP contribution in [-0.4, -0.2) is 30.5 Å². The average Bonchev–Trinajstić information content (AvgIpc) is 2.53. The Kier molecular flexibility index (Phi) is 4.36. The summed E-state index contributed by atoms with van der Waals surface area (Å²) in [7, 11) is 0. The monoisotopic (exact) mass is 291 g/mol. The third-order valence-corrected chi connectivity index (χ3v) is 4.67. The minimum atomic E-state index is -0.120. The van der Waals surface area contributed by atoms with Crippen molar-refractivity contribution in [1.82, 2.24) is 5.32 Å². The summed E-state index contributed by atoms with van der Waals surface area (Å²) in [6, 6.07) is 6.08. The van der Waals surface area contributed by atoms with E-state index in [1.165, 1.54) is 18.4 Å². The van der Waals surface area contributed by atoms with Crippen LogP contribution in [0.3, 0.4) is 0 Å². The minimum Gasteiger partial charge on any atom is -0.486 e. The van der Waals surface area contributed by atoms with Gasteiger partial charge in [0.15, 0.2) is 11.5 Å². The number of rotatable bonds is 4. The fourth-order valence-corrected chi connectivity index (χ4v) is 3.51. The summed E-state index contributed by atoms with van der Waals surface area (Å²) in [5.41, 5.74) is 1.05. The molecular formula is C17H25NO3. The van der Waals surface area contributed by atoms with Crippen LogP contribution in [0.1, 0.15) is 38.2 Å². The first-order valence-corrected chi connectivity index (χ1v) is 7.95. The number of hydrogen-bond donors (Lipinski definition) is 2. The topological polar surface area (TPSA) is 50.7 Å². The van der Waals surface area contributed by atoms with Crippen LogP contribution in [0.15, 0.2) is 18.2 Å². The lowest BCUT2D eigenvalue weighted by atomic mass is 9.77. The Morgan fingerprint density at radius 3 is 2.86 bits per heavy atom. The van der Waals surface area contributed by atoms with Crippen molar-refractivity contribution in [1.29, 1.82) is 0 Å². The number of benzene rings is 1. The van der Waals surface area contributed by atoms with Crippen molar-refractivity contribution in [2.24, 2.45) is 5.92 Å². The summed E-state index contributed by atoms with van der Waals surface area (Å²) in [4.78, 5) is 0. The summed E-state index contributed by atoms with van der Waals surface area (Å²) < 4.78 is 11.2. The van der Waals surface area contributed by atoms with Crippen LogP contribution in [0.4, 0.5) is 0 Å². The standard InChI is InChI=1S/C17H25NO3/c1-13-3-2-6-17(10-13,12-19)18-11-14-4-5-15-16(9-14)21-8-7-20-15/h4-5,9,13,18-19H,2-3,6-8,10-12H2,1H3. The first kappa shape index (κ1) is 14.7. The fourth-order valence-electron chi connectivity index (χ4n) is 3.51. The second-order valence-corrected chi connectivity index (χ2v) is 6.47. The zero-order valence-corrected chi connectivity index (χ0v) is 12.7. The lowest BCUT2D eigenvalue weighted by Crippen LogP contribution is -2.51. The first-order valence-electron chi connectivity index (χ1n) is 7.95. The molecule has 0 bridgehead atoms. The Hall–Kier alpha value is -1.26. The van der Waals surface area contributed by atoms with E-state index in [0.717, 1.165) is 30.9 Å². The molecule has 4 heteroatoms. The molecule has 3 rings (SSSR count). The highest BCUT2D eigenvalue weighted by Gasteiger charge is 2.33. The molecule has 2 unspecified atom stereocenters. The largest absolute Gasteiger partial charge is 0.486 e. The summed E-state index contributed by atoms with van der Waals surface area (Å²) in [6.07, 6.45) is 4.57. The van der Waals surface area contributed by atoms with Gasteiger partial charge in [-0.2, -0.15) is 0 Å². The van der Waals surface area contributed by atoms with E-state index in [1.54, 1.807) is 0 Å². The molecule has 1 aliphatic heterocycles. The third-order valence-electron chi connectivity index (χ3n) is 4.67. The number of aliphatic hydroxyl groups is 1. The molecule has 2 aliphatic rings. The van der Waals surface area contributed by atoms with E-state index in [0.29, 0.717) is 19.1 Å². The van der Waals surface area contributed by atoms with E-state index in [1.807, 2.05) is 12.1 Å². The highest BCUT2D eigenvalue weighted by molar-refractivity contribution is 5.43. The van der Waals surface area contributed by atoms with Crippen molar-refractivity contribution in [2.75, 3.05) is 19.8 Å². The molecule has 2 atom stereocenters. The van der Waals surface area contributed by atoms with Gasteiger partial charge in [0, 0.05) is 12.1 Å². The molecular weight excluding hydrogens is 266 g/mol. The lowest BCUT2D eigenvalue weighted by molar-refractivity contribution is 0.0981. The predicted octanol–water partition coefficient (Wildman–Crippen LogP) is 2.49. The van der Waals surface area contributed by atoms with E-state index in [4.69, 9.17) is 9.47 Å². The van der Waals surface area contributed by atoms with Crippen LogP contribution in [0.25, 0.3) is 0 Å². The molecule has 0 radical (unpaired) electrons. The summed E-state index contributed by atoms with van der Waals surface area (Å²) in [5.74, 6) is 2.34. The van der Waals surface area contributed by atoms with Gasteiger partial charge < -0.3 is 19.9 Å². The maximum absolute atomic E-state index is 9.82. The Bertz CT molecular complexity index is 491. The minimum absolute atomic E-state index is 0.120. The molecule has 4 nitrogen and oxygen atoms in total. The zero-order chi connectivity index (χ0) is 14.7. The predicted molar refractivity (Wildman–Crippen MR) is 81.7 cm³/mol. The van der Waals surface area contributed by atoms with E-state index >= 15 is 0 Å². The van der Waals surface area contributed by atoms with Crippen molar-refractivity contribution in [2.45, 2.75) is 44.7 Å². The van der Waals surface area contributed by atoms with Crippen LogP contribution < -0.4 is 14.8 Å². The first-order chi connectivity index (χ1) is 10.2. The molecule has 1 aliphatic carbocycles. The summed E-state index contributed by atoms with van der Waals surface area (Å²) in [5, 5.41) is 13.4. The molecule has 0 amide bonds. The van der Waals surface area contributed by atoms with Gasteiger partial charge in [0.25, 0.3) is 0 Å². The van der Waals surface area contributed by atoms with E-state index in [9.17, 15) is 5.11 Å². The second-order valence-electron chi connectivity index (χ2n) is 6.47. The molecule has 0 aromatic heterocycles. The van der Waals surface area contributed by atoms with Gasteiger partial charge >= 0.3 is 0 Å². The maximum atomic E-state index is 9.82. The van der Waals surface area contributed by atoms with E-state index in [2.05, 4.69) is 18.3 Å². The highest BCUT2D eigenvalue weighted by Crippen LogP contribution is 2.33. The third kappa shape index (κ3) is 3.33. The van der Waals surface area contributed by atoms with Crippen LogP contribution in [0.2, 0.25) is 0 Å². The van der Waals surface area contributed by atoms with Crippen molar-refractivity contribution in [3.63, 3.8) is 0 Å². The molecule has 116 valence electrons. The SMILES string of the molecule is CC1CCCC(CO)(NCc2ccc3c(c2)OCCO3)C1. The molecule has 1 aromatic carbocycles. The molecule has 1 aromatic rings. The number of ether oxygens (including phenoxy) is 2. The molecule has 1 saturated carbocycles. The smallest absolute Gasteiger partial charge is 0.161 e. The van der Waals surface area contributed by atoms with Gasteiger partial charge in [0.1, 0.15) is 13.2 Å². The molecule has 1 fully saturated rings. The zero-order valence-electron chi connectivity index (χ0n) is 12.7. The number of hydrogen-bond acceptors (Lipinski definition) is 4. The van der Waals surface area contributed by atoms with Crippen LogP contribution in [-0.2, 0) is 6.54 Å². The highest BCUT2D eigenvalue weighted by atomic mass is 16.6. The summed E-state index contributed by atoms with van der Waals surface area (Å²) in [6.45, 7) is 4.47. The van der Waals surface area contributed by atoms with Gasteiger partial charge in [-0.15, -0.1) is 0 Å². The maximum Gasteiger partial charge on any atom is 0.161 e. The molecule has 0 saturated heterocycles. The van der Waals surface area contributed by atoms with Gasteiger partial charge in [0.05, 0.1) is 6.61 Å². The Morgan fingerprint density at radius 2 is 2.10 bits per heavy atom. The number of nitrogens with one attached hydrogen (secondary N) is 1. The quantitative estimate of drug-likeness (QED) is 0.895. The normalized spacial score (nSPS) is 28.4. The van der Waals surface area contributed by atoms with Crippen LogP contribution >= 0.6 is 0 Å². The fraction of sp³-hybridized carbons (Fsp3) is 0.647. The molecule has 21 heavy (non-hydrogen) atoms. The average molecular weight is 291 g/mol. The lowest BCUT2D eigenvalue weighted by Gasteiger charge is -2.39. The van der Waals surface area contributed by atoms with Gasteiger partial charge in [-0.1, -0.05) is 25.8 Å². The van der Waals surface area contributed by atoms with Gasteiger partial charge in [-0.05, 0) is 36.5 Å². The van der Waals surface area contributed by atoms with Crippen LogP contribution in [0.5, 0.6) is 11.5 Å². The molecule has 2 N–H and O–H groups in total. The Labute approximate surface area is 126 Å². The number of aliphatic hydroxyl groups excluding tert-OH is 1. The van der Waals surface area contributed by atoms with Gasteiger partial charge in [0.2, 0.25) is 0 Å². The summed E-state index contributed by atoms with van der Waals surface area (Å²) >= 11 is 0. The molecule has 1 heterocycles. The molecule has 0 spiro atoms. The van der Waals surface area contributed by atoms with E-state index < -0.39 is 0 Å².